The number of H-pyrrole nitrogens is 1. The Bertz CT molecular complexity index is 2550. The highest BCUT2D eigenvalue weighted by Gasteiger charge is 2.52. The lowest BCUT2D eigenvalue weighted by atomic mass is 10.2. The van der Waals surface area contributed by atoms with Crippen LogP contribution in [0.3, 0.4) is 0 Å². The van der Waals surface area contributed by atoms with E-state index < -0.39 is 29.5 Å². The maximum Gasteiger partial charge on any atom is 0.343 e. The van der Waals surface area contributed by atoms with Crippen molar-refractivity contribution >= 4 is 128 Å². The van der Waals surface area contributed by atoms with Gasteiger partial charge in [0.2, 0.25) is 5.95 Å². The van der Waals surface area contributed by atoms with Crippen molar-refractivity contribution in [3.8, 4) is 0 Å². The van der Waals surface area contributed by atoms with Crippen LogP contribution in [0, 0.1) is 0 Å². The van der Waals surface area contributed by atoms with Gasteiger partial charge in [0.25, 0.3) is 5.56 Å². The highest BCUT2D eigenvalue weighted by molar-refractivity contribution is 8.34. The number of nitrogens with one attached hydrogen (secondary N) is 1. The third kappa shape index (κ3) is 22.9. The number of rotatable bonds is 44. The van der Waals surface area contributed by atoms with Gasteiger partial charge in [-0.25, -0.2) is 4.98 Å². The third-order valence-corrected chi connectivity index (χ3v) is 34.4. The third-order valence-electron chi connectivity index (χ3n) is 15.3. The molecule has 7 heterocycles. The van der Waals surface area contributed by atoms with Gasteiger partial charge in [-0.15, -0.1) is 0 Å². The molecule has 0 aromatic carbocycles. The number of fused-ring (bicyclic) bond motifs is 1. The van der Waals surface area contributed by atoms with Gasteiger partial charge in [-0.3, -0.25) is 14.3 Å². The molecule has 0 radical (unpaired) electrons. The average molecular weight is 1360 g/mol. The van der Waals surface area contributed by atoms with Gasteiger partial charge in [0.1, 0.15) is 12.3 Å². The summed E-state index contributed by atoms with van der Waals surface area (Å²) in [6.45, 7) is 25.7. The van der Waals surface area contributed by atoms with Crippen molar-refractivity contribution in [1.29, 1.82) is 0 Å². The average Bonchev–Trinajstić information content (AvgIpc) is 2.08. The Hall–Kier alpha value is -0.536. The number of nitrogen functional groups attached to an aromatic ring is 1. The van der Waals surface area contributed by atoms with Crippen LogP contribution in [0.2, 0.25) is 22.2 Å². The fourth-order valence-corrected chi connectivity index (χ4v) is 27.0. The summed E-state index contributed by atoms with van der Waals surface area (Å²) in [5.74, 6) is 0.0269. The number of imidazole rings is 1. The van der Waals surface area contributed by atoms with Gasteiger partial charge in [-0.1, -0.05) is 201 Å². The van der Waals surface area contributed by atoms with Crippen LogP contribution in [0.5, 0.6) is 0 Å². The van der Waals surface area contributed by atoms with Crippen LogP contribution in [0.4, 0.5) is 5.95 Å². The summed E-state index contributed by atoms with van der Waals surface area (Å²) in [4.78, 5) is 27.0. The smallest absolute Gasteiger partial charge is 0.343 e. The molecule has 5 aliphatic rings. The molecule has 478 valence electrons. The van der Waals surface area contributed by atoms with E-state index in [-0.39, 0.29) is 45.3 Å². The van der Waals surface area contributed by atoms with Crippen LogP contribution in [-0.4, -0.2) is 122 Å². The molecule has 3 N–H and O–H groups in total. The molecule has 5 aliphatic heterocycles. The first kappa shape index (κ1) is 71.9. The lowest BCUT2D eigenvalue weighted by molar-refractivity contribution is -0.0488. The number of hydrogen-bond acceptors (Lipinski definition) is 21. The molecule has 25 heteroatoms. The quantitative estimate of drug-likeness (QED) is 0.0473. The minimum Gasteiger partial charge on any atom is -0.394 e. The van der Waals surface area contributed by atoms with Crippen LogP contribution >= 0.6 is 94.1 Å². The molecule has 0 aliphatic carbocycles. The maximum atomic E-state index is 12.9. The molecule has 1 saturated heterocycles. The number of thioether (sulfide) groups is 8. The molecule has 0 saturated carbocycles. The van der Waals surface area contributed by atoms with Crippen molar-refractivity contribution in [3.63, 3.8) is 0 Å². The monoisotopic (exact) mass is 1360 g/mol. The second kappa shape index (κ2) is 39.1. The van der Waals surface area contributed by atoms with Gasteiger partial charge in [-0.2, -0.15) is 4.98 Å². The molecule has 0 bridgehead atoms. The molecular formula is C60H97N5O10S8Si2. The van der Waals surface area contributed by atoms with Crippen LogP contribution in [0.15, 0.2) is 70.3 Å². The molecule has 0 spiro atoms. The Morgan fingerprint density at radius 3 is 1.44 bits per heavy atom. The van der Waals surface area contributed by atoms with Crippen molar-refractivity contribution in [3.05, 3.63) is 75.9 Å². The minimum atomic E-state index is -2.87. The Balaban J connectivity index is 0.792. The van der Waals surface area contributed by atoms with Crippen LogP contribution in [0.1, 0.15) is 171 Å². The van der Waals surface area contributed by atoms with Gasteiger partial charge in [-0.05, 0) is 106 Å². The number of hydrogen-bond donors (Lipinski definition) is 2. The van der Waals surface area contributed by atoms with Crippen molar-refractivity contribution in [1.82, 2.24) is 19.5 Å². The maximum absolute atomic E-state index is 12.9. The number of aromatic nitrogens is 4. The van der Waals surface area contributed by atoms with E-state index in [4.69, 9.17) is 47.1 Å². The summed E-state index contributed by atoms with van der Waals surface area (Å²) in [5, 5.41) is 13.1. The van der Waals surface area contributed by atoms with E-state index in [1.807, 2.05) is 98.7 Å². The van der Waals surface area contributed by atoms with Crippen molar-refractivity contribution < 1.29 is 41.4 Å². The van der Waals surface area contributed by atoms with E-state index in [0.29, 0.717) is 45.1 Å². The molecule has 3 atom stereocenters. The summed E-state index contributed by atoms with van der Waals surface area (Å²) < 4.78 is 67.0. The lowest BCUT2D eigenvalue weighted by Gasteiger charge is -2.41. The standard InChI is InChI=1S/C60H97N5O10S8Si2/c1-44(2)84(45(3)4,71-31-23-15-13-19-27-67-25-17-9-11-21-29-69-38-48-41-80-58(82-48)56-76-33-34-77-56)73-40-51-50(37-52(74-51)65-43-62-53-54(65)63-60(61)64-55(53)66)75-85(46(5)6,47(7)8)72-32-24-16-14-20-28-68-26-18-10-12-22-30-70-39-49-42-81-59(83-49)57-78-35-36-79-57/h33-36,41-47,50-52H,9-32,37-40H2,1-8H3,(H3,61,63,64,66)/t50-,51+,52+/m0/s1. The first-order chi connectivity index (χ1) is 41.3. The van der Waals surface area contributed by atoms with Crippen molar-refractivity contribution in [2.75, 3.05) is 78.4 Å². The summed E-state index contributed by atoms with van der Waals surface area (Å²) in [7, 11) is -5.66. The zero-order valence-corrected chi connectivity index (χ0v) is 60.2. The molecular weight excluding hydrogens is 1260 g/mol. The van der Waals surface area contributed by atoms with E-state index in [9.17, 15) is 4.79 Å². The SMILES string of the molecule is CC(C)[Si](OCCCCCCOCCCCCCOCC1=CSC(=C2SC=CS2)S1)(OC[C@H]1O[C@@H](n2cnc3c(=O)[nH]c(N)nc32)C[C@@H]1O[Si](OCCCCCCOCCCCCCOCC1=CSC(=C2SC=CS2)S1)(C(C)C)C(C)C)C(C)C. The Labute approximate surface area is 544 Å². The largest absolute Gasteiger partial charge is 0.394 e. The van der Waals surface area contributed by atoms with Crippen LogP contribution in [0.25, 0.3) is 11.2 Å². The molecule has 85 heavy (non-hydrogen) atoms. The Kier molecular flexibility index (Phi) is 33.1. The van der Waals surface area contributed by atoms with E-state index >= 15 is 0 Å². The van der Waals surface area contributed by atoms with Crippen molar-refractivity contribution in [2.45, 2.75) is 205 Å². The number of nitrogens with zero attached hydrogens (tertiary/aromatic N) is 3. The predicted molar refractivity (Wildman–Crippen MR) is 372 cm³/mol. The van der Waals surface area contributed by atoms with Crippen molar-refractivity contribution in [2.24, 2.45) is 0 Å². The van der Waals surface area contributed by atoms with E-state index in [2.05, 4.69) is 103 Å². The van der Waals surface area contributed by atoms with Gasteiger partial charge in [0.05, 0.1) is 49.2 Å². The van der Waals surface area contributed by atoms with Gasteiger partial charge in [0, 0.05) is 69.1 Å². The first-order valence-electron chi connectivity index (χ1n) is 31.1. The molecule has 1 fully saturated rings. The van der Waals surface area contributed by atoms with Gasteiger partial charge >= 0.3 is 17.1 Å². The second-order valence-electron chi connectivity index (χ2n) is 23.1. The summed E-state index contributed by atoms with van der Waals surface area (Å²) in [6, 6.07) is 0. The van der Waals surface area contributed by atoms with Crippen LogP contribution in [-0.2, 0) is 41.4 Å². The first-order valence-corrected chi connectivity index (χ1v) is 42.0. The Morgan fingerprint density at radius 2 is 0.988 bits per heavy atom. The molecule has 2 aromatic heterocycles. The highest BCUT2D eigenvalue weighted by Crippen LogP contribution is 2.54. The molecule has 15 nitrogen and oxygen atoms in total. The number of aromatic amines is 1. The van der Waals surface area contributed by atoms with Gasteiger partial charge in [0.15, 0.2) is 11.2 Å². The number of nitrogens with two attached hydrogens (primary N) is 1. The van der Waals surface area contributed by atoms with E-state index in [1.54, 1.807) is 6.33 Å². The Morgan fingerprint density at radius 1 is 0.565 bits per heavy atom. The number of anilines is 1. The zero-order chi connectivity index (χ0) is 60.3. The summed E-state index contributed by atoms with van der Waals surface area (Å²) in [6.07, 6.45) is 18.2. The fourth-order valence-electron chi connectivity index (χ4n) is 10.8. The zero-order valence-electron chi connectivity index (χ0n) is 51.6. The van der Waals surface area contributed by atoms with Crippen LogP contribution < -0.4 is 11.3 Å². The number of ether oxygens (including phenoxy) is 5. The number of unbranched alkanes of at least 4 members (excludes halogenated alkanes) is 12. The molecule has 0 unspecified atom stereocenters. The molecule has 7 rings (SSSR count). The summed E-state index contributed by atoms with van der Waals surface area (Å²) in [5.41, 5.74) is 7.00. The predicted octanol–water partition coefficient (Wildman–Crippen LogP) is 18.1. The lowest BCUT2D eigenvalue weighted by Crippen LogP contribution is -2.54. The van der Waals surface area contributed by atoms with E-state index in [1.165, 1.54) is 52.4 Å². The fraction of sp³-hybridized carbons (Fsp3) is 0.717. The van der Waals surface area contributed by atoms with E-state index in [0.717, 1.165) is 117 Å². The second-order valence-corrected chi connectivity index (χ2v) is 40.5. The highest BCUT2D eigenvalue weighted by atomic mass is 32.2. The van der Waals surface area contributed by atoms with Gasteiger partial charge < -0.3 is 47.1 Å². The molecule has 2 aromatic rings. The minimum absolute atomic E-state index is 0.0269. The molecule has 0 amide bonds. The normalized spacial score (nSPS) is 19.4. The summed E-state index contributed by atoms with van der Waals surface area (Å²) >= 11 is 14.6. The topological polar surface area (TPSA) is 173 Å².